The number of sulfone groups is 1. The van der Waals surface area contributed by atoms with Crippen molar-refractivity contribution in [3.63, 3.8) is 0 Å². The fraction of sp³-hybridized carbons (Fsp3) is 0.0526. The molecule has 0 bridgehead atoms. The van der Waals surface area contributed by atoms with E-state index in [4.69, 9.17) is 10.6 Å². The highest BCUT2D eigenvalue weighted by molar-refractivity contribution is 7.91. The van der Waals surface area contributed by atoms with Gasteiger partial charge >= 0.3 is 0 Å². The standard InChI is InChI=1S/C19H16N4O3S/c1-26-23-18-16-11-15(8-9-17(16)21-19(20)22-18)27(24,25)14-7-6-12-4-2-3-5-13(12)10-14/h2-11H,1H3,(H3,20,21,22,23). The van der Waals surface area contributed by atoms with Crippen molar-refractivity contribution in [3.8, 4) is 0 Å². The van der Waals surface area contributed by atoms with Crippen LogP contribution in [0.2, 0.25) is 0 Å². The summed E-state index contributed by atoms with van der Waals surface area (Å²) in [6.07, 6.45) is 0. The van der Waals surface area contributed by atoms with Gasteiger partial charge in [-0.05, 0) is 41.1 Å². The van der Waals surface area contributed by atoms with Gasteiger partial charge in [0.2, 0.25) is 15.8 Å². The molecule has 3 N–H and O–H groups in total. The zero-order valence-electron chi connectivity index (χ0n) is 14.4. The van der Waals surface area contributed by atoms with Gasteiger partial charge in [0, 0.05) is 5.39 Å². The van der Waals surface area contributed by atoms with E-state index < -0.39 is 9.84 Å². The highest BCUT2D eigenvalue weighted by atomic mass is 32.2. The van der Waals surface area contributed by atoms with Crippen LogP contribution in [-0.2, 0) is 14.7 Å². The number of fused-ring (bicyclic) bond motifs is 2. The van der Waals surface area contributed by atoms with E-state index in [1.165, 1.54) is 19.2 Å². The van der Waals surface area contributed by atoms with Crippen LogP contribution in [0.15, 0.2) is 70.5 Å². The monoisotopic (exact) mass is 380 g/mol. The van der Waals surface area contributed by atoms with Gasteiger partial charge in [0.1, 0.15) is 0 Å². The molecule has 3 aromatic carbocycles. The quantitative estimate of drug-likeness (QED) is 0.524. The average Bonchev–Trinajstić information content (AvgIpc) is 2.67. The molecule has 0 saturated carbocycles. The highest BCUT2D eigenvalue weighted by Gasteiger charge is 2.20. The number of anilines is 2. The van der Waals surface area contributed by atoms with Crippen molar-refractivity contribution in [2.45, 2.75) is 9.79 Å². The summed E-state index contributed by atoms with van der Waals surface area (Å²) < 4.78 is 26.3. The van der Waals surface area contributed by atoms with Crippen molar-refractivity contribution < 1.29 is 13.3 Å². The number of nitrogens with one attached hydrogen (secondary N) is 1. The SMILES string of the molecule is CONc1nc(N)nc2ccc(S(=O)(=O)c3ccc4ccccc4c3)cc12. The van der Waals surface area contributed by atoms with Crippen molar-refractivity contribution in [2.75, 3.05) is 18.3 Å². The molecule has 27 heavy (non-hydrogen) atoms. The topological polar surface area (TPSA) is 107 Å². The summed E-state index contributed by atoms with van der Waals surface area (Å²) in [7, 11) is -2.29. The van der Waals surface area contributed by atoms with E-state index in [0.29, 0.717) is 16.7 Å². The van der Waals surface area contributed by atoms with Gasteiger partial charge in [-0.25, -0.2) is 18.9 Å². The van der Waals surface area contributed by atoms with Gasteiger partial charge in [0.05, 0.1) is 22.4 Å². The van der Waals surface area contributed by atoms with Crippen LogP contribution in [0.3, 0.4) is 0 Å². The lowest BCUT2D eigenvalue weighted by Crippen LogP contribution is -2.06. The van der Waals surface area contributed by atoms with Crippen LogP contribution in [0, 0.1) is 0 Å². The van der Waals surface area contributed by atoms with Gasteiger partial charge in [0.25, 0.3) is 0 Å². The third-order valence-electron chi connectivity index (χ3n) is 4.22. The largest absolute Gasteiger partial charge is 0.368 e. The molecular weight excluding hydrogens is 364 g/mol. The predicted octanol–water partition coefficient (Wildman–Crippen LogP) is 3.17. The minimum absolute atomic E-state index is 0.0622. The van der Waals surface area contributed by atoms with Crippen LogP contribution in [0.25, 0.3) is 21.7 Å². The Morgan fingerprint density at radius 1 is 0.926 bits per heavy atom. The first-order chi connectivity index (χ1) is 13.0. The molecule has 4 aromatic rings. The molecule has 0 aliphatic rings. The molecule has 0 aliphatic carbocycles. The summed E-state index contributed by atoms with van der Waals surface area (Å²) in [6.45, 7) is 0. The lowest BCUT2D eigenvalue weighted by molar-refractivity contribution is 0.270. The molecule has 4 rings (SSSR count). The zero-order valence-corrected chi connectivity index (χ0v) is 15.2. The van der Waals surface area contributed by atoms with Crippen LogP contribution in [0.1, 0.15) is 0 Å². The fourth-order valence-corrected chi connectivity index (χ4v) is 4.26. The Hall–Kier alpha value is -3.23. The average molecular weight is 380 g/mol. The second-order valence-electron chi connectivity index (χ2n) is 5.93. The second-order valence-corrected chi connectivity index (χ2v) is 7.88. The van der Waals surface area contributed by atoms with Gasteiger partial charge < -0.3 is 5.73 Å². The first kappa shape index (κ1) is 17.2. The first-order valence-electron chi connectivity index (χ1n) is 8.09. The number of nitrogen functional groups attached to an aromatic ring is 1. The molecule has 0 saturated heterocycles. The van der Waals surface area contributed by atoms with E-state index in [1.807, 2.05) is 24.3 Å². The van der Waals surface area contributed by atoms with E-state index in [9.17, 15) is 8.42 Å². The fourth-order valence-electron chi connectivity index (χ4n) is 2.94. The van der Waals surface area contributed by atoms with Gasteiger partial charge in [-0.1, -0.05) is 30.3 Å². The maximum Gasteiger partial charge on any atom is 0.222 e. The Labute approximate surface area is 155 Å². The summed E-state index contributed by atoms with van der Waals surface area (Å²) in [5, 5.41) is 2.33. The van der Waals surface area contributed by atoms with Gasteiger partial charge in [-0.15, -0.1) is 0 Å². The number of hydrogen-bond donors (Lipinski definition) is 2. The molecule has 7 nitrogen and oxygen atoms in total. The lowest BCUT2D eigenvalue weighted by Gasteiger charge is -2.10. The van der Waals surface area contributed by atoms with Crippen LogP contribution >= 0.6 is 0 Å². The van der Waals surface area contributed by atoms with Gasteiger partial charge in [-0.2, -0.15) is 4.98 Å². The number of rotatable bonds is 4. The molecule has 136 valence electrons. The minimum atomic E-state index is -3.72. The van der Waals surface area contributed by atoms with E-state index >= 15 is 0 Å². The predicted molar refractivity (Wildman–Crippen MR) is 104 cm³/mol. The van der Waals surface area contributed by atoms with Crippen molar-refractivity contribution in [2.24, 2.45) is 0 Å². The molecule has 1 heterocycles. The Morgan fingerprint density at radius 2 is 1.63 bits per heavy atom. The number of hydrogen-bond acceptors (Lipinski definition) is 7. The van der Waals surface area contributed by atoms with Crippen molar-refractivity contribution in [3.05, 3.63) is 60.7 Å². The maximum absolute atomic E-state index is 13.1. The number of nitrogens with zero attached hydrogens (tertiary/aromatic N) is 2. The van der Waals surface area contributed by atoms with Gasteiger partial charge in [0.15, 0.2) is 5.82 Å². The lowest BCUT2D eigenvalue weighted by atomic mass is 10.1. The summed E-state index contributed by atoms with van der Waals surface area (Å²) in [6, 6.07) is 17.3. The van der Waals surface area contributed by atoms with Crippen molar-refractivity contribution in [1.29, 1.82) is 0 Å². The van der Waals surface area contributed by atoms with Crippen molar-refractivity contribution in [1.82, 2.24) is 9.97 Å². The van der Waals surface area contributed by atoms with Gasteiger partial charge in [-0.3, -0.25) is 4.84 Å². The smallest absolute Gasteiger partial charge is 0.222 e. The third kappa shape index (κ3) is 3.05. The molecule has 8 heteroatoms. The first-order valence-corrected chi connectivity index (χ1v) is 9.57. The molecular formula is C19H16N4O3S. The highest BCUT2D eigenvalue weighted by Crippen LogP contribution is 2.29. The number of benzene rings is 3. The van der Waals surface area contributed by atoms with Crippen LogP contribution in [0.4, 0.5) is 11.8 Å². The normalized spacial score (nSPS) is 11.7. The number of nitrogens with two attached hydrogens (primary N) is 1. The Morgan fingerprint density at radius 3 is 2.41 bits per heavy atom. The second kappa shape index (κ2) is 6.49. The summed E-state index contributed by atoms with van der Waals surface area (Å²) in [5.74, 6) is 0.364. The van der Waals surface area contributed by atoms with E-state index in [2.05, 4.69) is 15.4 Å². The molecule has 0 aliphatic heterocycles. The molecule has 1 aromatic heterocycles. The third-order valence-corrected chi connectivity index (χ3v) is 5.97. The van der Waals surface area contributed by atoms with E-state index in [-0.39, 0.29) is 15.7 Å². The Bertz CT molecular complexity index is 1270. The molecule has 0 fully saturated rings. The molecule has 0 spiro atoms. The molecule has 0 amide bonds. The molecule has 0 atom stereocenters. The van der Waals surface area contributed by atoms with Crippen LogP contribution in [0.5, 0.6) is 0 Å². The maximum atomic E-state index is 13.1. The van der Waals surface area contributed by atoms with Crippen molar-refractivity contribution >= 4 is 43.3 Å². The Kier molecular flexibility index (Phi) is 4.14. The summed E-state index contributed by atoms with van der Waals surface area (Å²) >= 11 is 0. The van der Waals surface area contributed by atoms with E-state index in [1.54, 1.807) is 24.3 Å². The molecule has 0 radical (unpaired) electrons. The molecule has 0 unspecified atom stereocenters. The van der Waals surface area contributed by atoms with E-state index in [0.717, 1.165) is 10.8 Å². The Balaban J connectivity index is 1.88. The summed E-state index contributed by atoms with van der Waals surface area (Å²) in [5.41, 5.74) is 8.81. The van der Waals surface area contributed by atoms with Crippen LogP contribution < -0.4 is 11.2 Å². The van der Waals surface area contributed by atoms with Crippen LogP contribution in [-0.4, -0.2) is 25.5 Å². The summed E-state index contributed by atoms with van der Waals surface area (Å²) in [4.78, 5) is 13.5. The zero-order chi connectivity index (χ0) is 19.0. The number of aromatic nitrogens is 2. The minimum Gasteiger partial charge on any atom is -0.368 e.